The molecule has 0 spiro atoms. The van der Waals surface area contributed by atoms with E-state index in [1.54, 1.807) is 12.1 Å². The van der Waals surface area contributed by atoms with Gasteiger partial charge in [0.1, 0.15) is 11.6 Å². The van der Waals surface area contributed by atoms with Gasteiger partial charge in [0, 0.05) is 13.1 Å². The second-order valence-corrected chi connectivity index (χ2v) is 6.78. The van der Waals surface area contributed by atoms with Crippen LogP contribution in [0.25, 0.3) is 0 Å². The van der Waals surface area contributed by atoms with Crippen molar-refractivity contribution < 1.29 is 4.39 Å². The van der Waals surface area contributed by atoms with Crippen molar-refractivity contribution in [2.24, 2.45) is 5.92 Å². The maximum Gasteiger partial charge on any atom is 0.148 e. The van der Waals surface area contributed by atoms with Crippen LogP contribution in [0.15, 0.2) is 24.3 Å². The molecule has 0 amide bonds. The van der Waals surface area contributed by atoms with Crippen molar-refractivity contribution in [2.45, 2.75) is 45.6 Å². The molecule has 1 atom stereocenters. The Balaban J connectivity index is 1.39. The Labute approximate surface area is 142 Å². The van der Waals surface area contributed by atoms with Crippen LogP contribution in [-0.4, -0.2) is 44.7 Å². The number of nitrogens with zero attached hydrogens (tertiary/aromatic N) is 5. The zero-order chi connectivity index (χ0) is 16.8. The van der Waals surface area contributed by atoms with Crippen molar-refractivity contribution in [3.63, 3.8) is 0 Å². The minimum absolute atomic E-state index is 0.152. The van der Waals surface area contributed by atoms with Crippen molar-refractivity contribution in [3.8, 4) is 0 Å². The van der Waals surface area contributed by atoms with E-state index >= 15 is 0 Å². The van der Waals surface area contributed by atoms with Gasteiger partial charge in [0.05, 0.1) is 0 Å². The first-order valence-corrected chi connectivity index (χ1v) is 8.90. The number of benzene rings is 1. The molecule has 1 aliphatic heterocycles. The van der Waals surface area contributed by atoms with Crippen LogP contribution >= 0.6 is 0 Å². The number of tetrazole rings is 1. The molecule has 0 N–H and O–H groups in total. The first-order chi connectivity index (χ1) is 11.7. The zero-order valence-electron chi connectivity index (χ0n) is 14.4. The fraction of sp³-hybridized carbons (Fsp3) is 0.611. The van der Waals surface area contributed by atoms with E-state index in [9.17, 15) is 4.39 Å². The van der Waals surface area contributed by atoms with E-state index in [0.29, 0.717) is 0 Å². The summed E-state index contributed by atoms with van der Waals surface area (Å²) in [6.07, 6.45) is 5.90. The summed E-state index contributed by atoms with van der Waals surface area (Å²) < 4.78 is 14.8. The summed E-state index contributed by atoms with van der Waals surface area (Å²) in [5, 5.41) is 11.6. The largest absolute Gasteiger partial charge is 0.303 e. The minimum atomic E-state index is -0.152. The van der Waals surface area contributed by atoms with Crippen molar-refractivity contribution in [2.75, 3.05) is 19.6 Å². The SMILES string of the molecule is Cc1nnnn1CCCN1CCCC(CCc2ccc(F)cc2)C1. The molecular weight excluding hydrogens is 305 g/mol. The summed E-state index contributed by atoms with van der Waals surface area (Å²) in [4.78, 5) is 2.57. The zero-order valence-corrected chi connectivity index (χ0v) is 14.4. The molecule has 0 bridgehead atoms. The molecule has 2 heterocycles. The average Bonchev–Trinajstić information content (AvgIpc) is 3.00. The smallest absolute Gasteiger partial charge is 0.148 e. The normalized spacial score (nSPS) is 18.8. The summed E-state index contributed by atoms with van der Waals surface area (Å²) >= 11 is 0. The Kier molecular flexibility index (Phi) is 5.91. The van der Waals surface area contributed by atoms with Gasteiger partial charge in [0.15, 0.2) is 0 Å². The van der Waals surface area contributed by atoms with Crippen LogP contribution in [0, 0.1) is 18.7 Å². The summed E-state index contributed by atoms with van der Waals surface area (Å²) in [7, 11) is 0. The third-order valence-corrected chi connectivity index (χ3v) is 4.91. The number of hydrogen-bond donors (Lipinski definition) is 0. The van der Waals surface area contributed by atoms with E-state index in [1.807, 2.05) is 23.7 Å². The topological polar surface area (TPSA) is 46.8 Å². The van der Waals surface area contributed by atoms with Gasteiger partial charge < -0.3 is 4.90 Å². The molecular formula is C18H26FN5. The van der Waals surface area contributed by atoms with Crippen LogP contribution in [0.3, 0.4) is 0 Å². The summed E-state index contributed by atoms with van der Waals surface area (Å²) in [5.41, 5.74) is 1.24. The number of hydrogen-bond acceptors (Lipinski definition) is 4. The van der Waals surface area contributed by atoms with Gasteiger partial charge in [0.25, 0.3) is 0 Å². The van der Waals surface area contributed by atoms with Crippen LogP contribution in [0.4, 0.5) is 4.39 Å². The molecule has 0 aliphatic carbocycles. The van der Waals surface area contributed by atoms with Crippen LogP contribution in [0.5, 0.6) is 0 Å². The number of piperidine rings is 1. The average molecular weight is 331 g/mol. The molecule has 1 aromatic heterocycles. The molecule has 1 saturated heterocycles. The number of rotatable bonds is 7. The van der Waals surface area contributed by atoms with Gasteiger partial charge in [-0.25, -0.2) is 9.07 Å². The number of aromatic nitrogens is 4. The highest BCUT2D eigenvalue weighted by molar-refractivity contribution is 5.16. The van der Waals surface area contributed by atoms with Gasteiger partial charge in [-0.3, -0.25) is 0 Å². The van der Waals surface area contributed by atoms with Crippen molar-refractivity contribution in [1.29, 1.82) is 0 Å². The van der Waals surface area contributed by atoms with Crippen molar-refractivity contribution in [1.82, 2.24) is 25.1 Å². The second kappa shape index (κ2) is 8.33. The highest BCUT2D eigenvalue weighted by Crippen LogP contribution is 2.22. The first kappa shape index (κ1) is 17.0. The summed E-state index contributed by atoms with van der Waals surface area (Å²) in [6, 6.07) is 6.93. The van der Waals surface area contributed by atoms with E-state index in [4.69, 9.17) is 0 Å². The standard InChI is InChI=1S/C18H26FN5/c1-15-20-21-22-24(15)13-3-12-23-11-2-4-17(14-23)6-5-16-7-9-18(19)10-8-16/h7-10,17H,2-6,11-14H2,1H3. The predicted molar refractivity (Wildman–Crippen MR) is 91.1 cm³/mol. The Morgan fingerprint density at radius 3 is 2.79 bits per heavy atom. The van der Waals surface area contributed by atoms with E-state index in [0.717, 1.165) is 37.7 Å². The maximum absolute atomic E-state index is 13.0. The molecule has 1 aliphatic rings. The lowest BCUT2D eigenvalue weighted by Gasteiger charge is -2.32. The lowest BCUT2D eigenvalue weighted by Crippen LogP contribution is -2.36. The molecule has 1 unspecified atom stereocenters. The minimum Gasteiger partial charge on any atom is -0.303 e. The van der Waals surface area contributed by atoms with Gasteiger partial charge in [-0.1, -0.05) is 12.1 Å². The molecule has 5 nitrogen and oxygen atoms in total. The molecule has 24 heavy (non-hydrogen) atoms. The number of likely N-dealkylation sites (tertiary alicyclic amines) is 1. The second-order valence-electron chi connectivity index (χ2n) is 6.78. The third-order valence-electron chi connectivity index (χ3n) is 4.91. The number of aryl methyl sites for hydroxylation is 3. The molecule has 0 saturated carbocycles. The van der Waals surface area contributed by atoms with Crippen molar-refractivity contribution in [3.05, 3.63) is 41.5 Å². The molecule has 1 aromatic carbocycles. The Morgan fingerprint density at radius 2 is 2.04 bits per heavy atom. The maximum atomic E-state index is 13.0. The van der Waals surface area contributed by atoms with Crippen LogP contribution in [0.1, 0.15) is 37.1 Å². The first-order valence-electron chi connectivity index (χ1n) is 8.90. The number of halogens is 1. The Hall–Kier alpha value is -1.82. The monoisotopic (exact) mass is 331 g/mol. The van der Waals surface area contributed by atoms with Crippen LogP contribution < -0.4 is 0 Å². The van der Waals surface area contributed by atoms with E-state index < -0.39 is 0 Å². The lowest BCUT2D eigenvalue weighted by atomic mass is 9.91. The van der Waals surface area contributed by atoms with E-state index in [1.165, 1.54) is 37.9 Å². The highest BCUT2D eigenvalue weighted by Gasteiger charge is 2.19. The fourth-order valence-corrected chi connectivity index (χ4v) is 3.51. The third kappa shape index (κ3) is 4.84. The van der Waals surface area contributed by atoms with E-state index in [-0.39, 0.29) is 5.82 Å². The predicted octanol–water partition coefficient (Wildman–Crippen LogP) is 2.86. The lowest BCUT2D eigenvalue weighted by molar-refractivity contribution is 0.164. The molecule has 2 aromatic rings. The van der Waals surface area contributed by atoms with Gasteiger partial charge in [-0.05, 0) is 86.2 Å². The molecule has 0 radical (unpaired) electrons. The van der Waals surface area contributed by atoms with E-state index in [2.05, 4.69) is 20.4 Å². The van der Waals surface area contributed by atoms with Gasteiger partial charge in [-0.15, -0.1) is 5.10 Å². The Morgan fingerprint density at radius 1 is 1.21 bits per heavy atom. The summed E-state index contributed by atoms with van der Waals surface area (Å²) in [5.74, 6) is 1.48. The van der Waals surface area contributed by atoms with Gasteiger partial charge in [-0.2, -0.15) is 0 Å². The highest BCUT2D eigenvalue weighted by atomic mass is 19.1. The van der Waals surface area contributed by atoms with Crippen molar-refractivity contribution >= 4 is 0 Å². The quantitative estimate of drug-likeness (QED) is 0.783. The molecule has 130 valence electrons. The molecule has 3 rings (SSSR count). The Bertz CT molecular complexity index is 625. The molecule has 1 fully saturated rings. The summed E-state index contributed by atoms with van der Waals surface area (Å²) in [6.45, 7) is 6.30. The van der Waals surface area contributed by atoms with Gasteiger partial charge >= 0.3 is 0 Å². The fourth-order valence-electron chi connectivity index (χ4n) is 3.51. The van der Waals surface area contributed by atoms with Crippen LogP contribution in [-0.2, 0) is 13.0 Å². The van der Waals surface area contributed by atoms with Gasteiger partial charge in [0.2, 0.25) is 0 Å². The van der Waals surface area contributed by atoms with Crippen LogP contribution in [0.2, 0.25) is 0 Å². The molecule has 6 heteroatoms.